The maximum absolute atomic E-state index is 12.4. The highest BCUT2D eigenvalue weighted by atomic mass is 79.9. The molecule has 1 atom stereocenters. The number of hydrogen-bond donors (Lipinski definition) is 2. The van der Waals surface area contributed by atoms with Crippen molar-refractivity contribution in [1.82, 2.24) is 15.5 Å². The van der Waals surface area contributed by atoms with Crippen molar-refractivity contribution in [2.75, 3.05) is 33.2 Å². The summed E-state index contributed by atoms with van der Waals surface area (Å²) in [6.45, 7) is 4.26. The molecule has 1 fully saturated rings. The predicted octanol–water partition coefficient (Wildman–Crippen LogP) is 3.82. The van der Waals surface area contributed by atoms with Crippen molar-refractivity contribution in [2.45, 2.75) is 42.4 Å². The Bertz CT molecular complexity index is 563. The van der Waals surface area contributed by atoms with Crippen LogP contribution < -0.4 is 10.6 Å². The number of thioether (sulfide) groups is 1. The van der Waals surface area contributed by atoms with Crippen LogP contribution in [0.5, 0.6) is 0 Å². The van der Waals surface area contributed by atoms with Gasteiger partial charge in [-0.05, 0) is 37.1 Å². The Morgan fingerprint density at radius 3 is 2.54 bits per heavy atom. The van der Waals surface area contributed by atoms with E-state index in [9.17, 15) is 8.78 Å². The minimum absolute atomic E-state index is 0.121. The van der Waals surface area contributed by atoms with E-state index in [4.69, 9.17) is 0 Å². The topological polar surface area (TPSA) is 39.7 Å². The second kappa shape index (κ2) is 11.1. The number of guanidine groups is 1. The van der Waals surface area contributed by atoms with E-state index in [1.807, 2.05) is 28.8 Å². The predicted molar refractivity (Wildman–Crippen MR) is 109 cm³/mol. The smallest absolute Gasteiger partial charge is 0.251 e. The fraction of sp³-hybridized carbons (Fsp3) is 0.611. The maximum Gasteiger partial charge on any atom is 0.251 e. The molecular weight excluding hydrogens is 422 g/mol. The number of aliphatic imine (C=N–C) groups is 1. The summed E-state index contributed by atoms with van der Waals surface area (Å²) in [6, 6.07) is 8.58. The average Bonchev–Trinajstić information content (AvgIpc) is 2.61. The molecular formula is C18H27BrF2N4S. The van der Waals surface area contributed by atoms with Gasteiger partial charge in [-0.15, -0.1) is 11.8 Å². The molecule has 0 radical (unpaired) electrons. The van der Waals surface area contributed by atoms with E-state index < -0.39 is 6.43 Å². The van der Waals surface area contributed by atoms with Crippen LogP contribution in [0.25, 0.3) is 0 Å². The summed E-state index contributed by atoms with van der Waals surface area (Å²) in [4.78, 5) is 7.35. The molecule has 0 spiro atoms. The summed E-state index contributed by atoms with van der Waals surface area (Å²) < 4.78 is 26.0. The normalized spacial score (nSPS) is 18.2. The van der Waals surface area contributed by atoms with Gasteiger partial charge in [-0.3, -0.25) is 9.89 Å². The number of halogens is 3. The average molecular weight is 449 g/mol. The van der Waals surface area contributed by atoms with E-state index in [0.717, 1.165) is 29.8 Å². The molecule has 0 amide bonds. The number of rotatable bonds is 7. The van der Waals surface area contributed by atoms with Gasteiger partial charge in [0.1, 0.15) is 0 Å². The van der Waals surface area contributed by atoms with Gasteiger partial charge >= 0.3 is 0 Å². The summed E-state index contributed by atoms with van der Waals surface area (Å²) in [7, 11) is 1.76. The molecule has 0 bridgehead atoms. The molecule has 0 saturated carbocycles. The molecule has 4 nitrogen and oxygen atoms in total. The van der Waals surface area contributed by atoms with Crippen LogP contribution in [-0.4, -0.2) is 61.8 Å². The largest absolute Gasteiger partial charge is 0.355 e. The zero-order valence-corrected chi connectivity index (χ0v) is 17.6. The highest BCUT2D eigenvalue weighted by Gasteiger charge is 2.22. The molecule has 1 aromatic rings. The molecule has 0 aromatic heterocycles. The Balaban J connectivity index is 1.70. The number of hydrogen-bond acceptors (Lipinski definition) is 3. The standard InChI is InChI=1S/C18H27BrF2N4S/c1-13(26-16-5-3-14(19)4-6-16)11-23-18(22-2)24-15-7-9-25(10-8-15)12-17(20)21/h3-6,13,15,17H,7-12H2,1-2H3,(H2,22,23,24). The van der Waals surface area contributed by atoms with Crippen LogP contribution in [0.15, 0.2) is 38.6 Å². The summed E-state index contributed by atoms with van der Waals surface area (Å²) in [5.41, 5.74) is 0. The van der Waals surface area contributed by atoms with Crippen LogP contribution in [-0.2, 0) is 0 Å². The number of likely N-dealkylation sites (tertiary alicyclic amines) is 1. The Labute approximate surface area is 167 Å². The van der Waals surface area contributed by atoms with E-state index in [2.05, 4.69) is 50.6 Å². The first-order chi connectivity index (χ1) is 12.5. The van der Waals surface area contributed by atoms with Crippen molar-refractivity contribution in [3.05, 3.63) is 28.7 Å². The quantitative estimate of drug-likeness (QED) is 0.377. The van der Waals surface area contributed by atoms with Gasteiger partial charge in [-0.25, -0.2) is 8.78 Å². The third-order valence-corrected chi connectivity index (χ3v) is 5.90. The van der Waals surface area contributed by atoms with Gasteiger partial charge in [-0.2, -0.15) is 0 Å². The van der Waals surface area contributed by atoms with Gasteiger partial charge in [0, 0.05) is 47.3 Å². The minimum atomic E-state index is -2.25. The Hall–Kier alpha value is -0.860. The molecule has 1 saturated heterocycles. The van der Waals surface area contributed by atoms with Crippen LogP contribution in [0, 0.1) is 0 Å². The van der Waals surface area contributed by atoms with E-state index in [1.165, 1.54) is 4.90 Å². The van der Waals surface area contributed by atoms with Gasteiger partial charge in [0.2, 0.25) is 0 Å². The molecule has 1 aliphatic heterocycles. The van der Waals surface area contributed by atoms with Gasteiger partial charge in [0.05, 0.1) is 6.54 Å². The third-order valence-electron chi connectivity index (χ3n) is 4.26. The van der Waals surface area contributed by atoms with Crippen molar-refractivity contribution in [1.29, 1.82) is 0 Å². The molecule has 1 unspecified atom stereocenters. The van der Waals surface area contributed by atoms with Crippen LogP contribution in [0.1, 0.15) is 19.8 Å². The molecule has 8 heteroatoms. The lowest BCUT2D eigenvalue weighted by molar-refractivity contribution is 0.0744. The lowest BCUT2D eigenvalue weighted by Crippen LogP contribution is -2.50. The first-order valence-electron chi connectivity index (χ1n) is 8.86. The van der Waals surface area contributed by atoms with Crippen LogP contribution in [0.4, 0.5) is 8.78 Å². The Morgan fingerprint density at radius 2 is 1.96 bits per heavy atom. The van der Waals surface area contributed by atoms with Crippen molar-refractivity contribution in [3.8, 4) is 0 Å². The van der Waals surface area contributed by atoms with Gasteiger partial charge < -0.3 is 10.6 Å². The maximum atomic E-state index is 12.4. The van der Waals surface area contributed by atoms with E-state index in [-0.39, 0.29) is 12.6 Å². The summed E-state index contributed by atoms with van der Waals surface area (Å²) in [5, 5.41) is 7.17. The van der Waals surface area contributed by atoms with Crippen molar-refractivity contribution >= 4 is 33.7 Å². The lowest BCUT2D eigenvalue weighted by Gasteiger charge is -2.32. The molecule has 2 N–H and O–H groups in total. The minimum Gasteiger partial charge on any atom is -0.355 e. The highest BCUT2D eigenvalue weighted by molar-refractivity contribution is 9.10. The Morgan fingerprint density at radius 1 is 1.31 bits per heavy atom. The molecule has 2 rings (SSSR count). The number of piperidine rings is 1. The van der Waals surface area contributed by atoms with Crippen molar-refractivity contribution in [3.63, 3.8) is 0 Å². The monoisotopic (exact) mass is 448 g/mol. The fourth-order valence-corrected chi connectivity index (χ4v) is 4.06. The number of nitrogens with one attached hydrogen (secondary N) is 2. The molecule has 146 valence electrons. The summed E-state index contributed by atoms with van der Waals surface area (Å²) >= 11 is 5.26. The van der Waals surface area contributed by atoms with Crippen molar-refractivity contribution < 1.29 is 8.78 Å². The first kappa shape index (κ1) is 21.4. The molecule has 1 aliphatic rings. The van der Waals surface area contributed by atoms with Crippen LogP contribution >= 0.6 is 27.7 Å². The van der Waals surface area contributed by atoms with Crippen LogP contribution in [0.3, 0.4) is 0 Å². The van der Waals surface area contributed by atoms with E-state index in [0.29, 0.717) is 18.3 Å². The van der Waals surface area contributed by atoms with Gasteiger partial charge in [-0.1, -0.05) is 22.9 Å². The number of benzene rings is 1. The molecule has 0 aliphatic carbocycles. The number of alkyl halides is 2. The summed E-state index contributed by atoms with van der Waals surface area (Å²) in [5.74, 6) is 0.778. The zero-order chi connectivity index (χ0) is 18.9. The van der Waals surface area contributed by atoms with E-state index >= 15 is 0 Å². The molecule has 1 aromatic carbocycles. The lowest BCUT2D eigenvalue weighted by atomic mass is 10.1. The fourth-order valence-electron chi connectivity index (χ4n) is 2.87. The first-order valence-corrected chi connectivity index (χ1v) is 10.5. The third kappa shape index (κ3) is 7.80. The Kier molecular flexibility index (Phi) is 9.15. The van der Waals surface area contributed by atoms with Gasteiger partial charge in [0.15, 0.2) is 5.96 Å². The second-order valence-electron chi connectivity index (χ2n) is 6.45. The second-order valence-corrected chi connectivity index (χ2v) is 8.87. The van der Waals surface area contributed by atoms with Crippen LogP contribution in [0.2, 0.25) is 0 Å². The molecule has 26 heavy (non-hydrogen) atoms. The summed E-state index contributed by atoms with van der Waals surface area (Å²) in [6.07, 6.45) is -0.536. The SMILES string of the molecule is CN=C(NCC(C)Sc1ccc(Br)cc1)NC1CCN(CC(F)F)CC1. The van der Waals surface area contributed by atoms with Gasteiger partial charge in [0.25, 0.3) is 6.43 Å². The highest BCUT2D eigenvalue weighted by Crippen LogP contribution is 2.24. The van der Waals surface area contributed by atoms with E-state index in [1.54, 1.807) is 7.05 Å². The van der Waals surface area contributed by atoms with Crippen molar-refractivity contribution in [2.24, 2.45) is 4.99 Å². The molecule has 1 heterocycles. The zero-order valence-electron chi connectivity index (χ0n) is 15.2. The number of nitrogens with zero attached hydrogens (tertiary/aromatic N) is 2.